The molecule has 2 rings (SSSR count). The normalized spacial score (nSPS) is 11.0. The number of nitrogens with zero attached hydrogens (tertiary/aromatic N) is 1. The lowest BCUT2D eigenvalue weighted by molar-refractivity contribution is -0.119. The molecule has 0 saturated carbocycles. The lowest BCUT2D eigenvalue weighted by atomic mass is 10.1. The van der Waals surface area contributed by atoms with Gasteiger partial charge in [-0.05, 0) is 43.7 Å². The molecule has 0 spiro atoms. The van der Waals surface area contributed by atoms with Crippen LogP contribution in [0.3, 0.4) is 0 Å². The second-order valence-corrected chi connectivity index (χ2v) is 5.97. The van der Waals surface area contributed by atoms with Gasteiger partial charge in [-0.25, -0.2) is 5.43 Å². The molecule has 138 valence electrons. The summed E-state index contributed by atoms with van der Waals surface area (Å²) in [6.07, 6.45) is 0. The number of carbonyl (C=O) groups excluding carboxylic acids is 1. The van der Waals surface area contributed by atoms with E-state index < -0.39 is 0 Å². The van der Waals surface area contributed by atoms with Gasteiger partial charge in [0.15, 0.2) is 0 Å². The molecule has 26 heavy (non-hydrogen) atoms. The van der Waals surface area contributed by atoms with Crippen LogP contribution >= 0.6 is 11.6 Å². The molecular weight excluding hydrogens is 354 g/mol. The minimum Gasteiger partial charge on any atom is -0.497 e. The number of anilines is 1. The van der Waals surface area contributed by atoms with E-state index in [1.165, 1.54) is 0 Å². The van der Waals surface area contributed by atoms with E-state index in [4.69, 9.17) is 21.1 Å². The van der Waals surface area contributed by atoms with Gasteiger partial charge in [0.05, 0.1) is 26.5 Å². The number of hydrazone groups is 1. The van der Waals surface area contributed by atoms with Gasteiger partial charge >= 0.3 is 0 Å². The number of methoxy groups -OCH3 is 2. The summed E-state index contributed by atoms with van der Waals surface area (Å²) < 4.78 is 10.5. The zero-order chi connectivity index (χ0) is 19.1. The maximum Gasteiger partial charge on any atom is 0.259 e. The van der Waals surface area contributed by atoms with Crippen LogP contribution in [0.5, 0.6) is 11.5 Å². The molecule has 1 amide bonds. The second-order valence-electron chi connectivity index (χ2n) is 5.56. The van der Waals surface area contributed by atoms with Crippen LogP contribution in [-0.2, 0) is 4.79 Å². The van der Waals surface area contributed by atoms with Crippen LogP contribution in [0.25, 0.3) is 0 Å². The van der Waals surface area contributed by atoms with Crippen molar-refractivity contribution in [2.45, 2.75) is 13.8 Å². The Balaban J connectivity index is 2.00. The quantitative estimate of drug-likeness (QED) is 0.572. The molecule has 0 saturated heterocycles. The zero-order valence-electron chi connectivity index (χ0n) is 15.2. The van der Waals surface area contributed by atoms with Crippen molar-refractivity contribution in [3.63, 3.8) is 0 Å². The van der Waals surface area contributed by atoms with Gasteiger partial charge in [-0.3, -0.25) is 4.79 Å². The van der Waals surface area contributed by atoms with Crippen LogP contribution in [0.1, 0.15) is 18.1 Å². The Kier molecular flexibility index (Phi) is 6.86. The fourth-order valence-corrected chi connectivity index (χ4v) is 2.49. The molecule has 0 aromatic heterocycles. The lowest BCUT2D eigenvalue weighted by Crippen LogP contribution is -2.27. The van der Waals surface area contributed by atoms with Crippen molar-refractivity contribution in [2.75, 3.05) is 26.1 Å². The van der Waals surface area contributed by atoms with E-state index >= 15 is 0 Å². The Hall–Kier alpha value is -2.73. The van der Waals surface area contributed by atoms with E-state index in [1.807, 2.05) is 31.2 Å². The Morgan fingerprint density at radius 3 is 2.65 bits per heavy atom. The Labute approximate surface area is 158 Å². The molecule has 0 aliphatic rings. The molecule has 2 aromatic carbocycles. The first-order chi connectivity index (χ1) is 12.5. The van der Waals surface area contributed by atoms with Crippen LogP contribution in [0.15, 0.2) is 41.5 Å². The predicted molar refractivity (Wildman–Crippen MR) is 105 cm³/mol. The zero-order valence-corrected chi connectivity index (χ0v) is 16.0. The minimum absolute atomic E-state index is 0.0811. The van der Waals surface area contributed by atoms with Crippen molar-refractivity contribution in [1.29, 1.82) is 0 Å². The summed E-state index contributed by atoms with van der Waals surface area (Å²) in [6.45, 7) is 3.76. The first kappa shape index (κ1) is 19.6. The maximum atomic E-state index is 12.0. The highest BCUT2D eigenvalue weighted by molar-refractivity contribution is 6.31. The molecule has 2 N–H and O–H groups in total. The number of benzene rings is 2. The summed E-state index contributed by atoms with van der Waals surface area (Å²) in [5.74, 6) is 1.03. The van der Waals surface area contributed by atoms with E-state index in [0.29, 0.717) is 22.2 Å². The summed E-state index contributed by atoms with van der Waals surface area (Å²) in [7, 11) is 3.16. The topological polar surface area (TPSA) is 72.0 Å². The highest BCUT2D eigenvalue weighted by Crippen LogP contribution is 2.25. The number of rotatable bonds is 7. The average molecular weight is 376 g/mol. The third-order valence-corrected chi connectivity index (χ3v) is 4.26. The minimum atomic E-state index is -0.267. The largest absolute Gasteiger partial charge is 0.497 e. The predicted octanol–water partition coefficient (Wildman–Crippen LogP) is 3.62. The molecule has 0 unspecified atom stereocenters. The van der Waals surface area contributed by atoms with E-state index in [0.717, 1.165) is 16.8 Å². The number of hydrogen-bond donors (Lipinski definition) is 2. The number of carbonyl (C=O) groups is 1. The maximum absolute atomic E-state index is 12.0. The molecule has 0 fully saturated rings. The van der Waals surface area contributed by atoms with Crippen LogP contribution in [-0.4, -0.2) is 32.4 Å². The summed E-state index contributed by atoms with van der Waals surface area (Å²) in [4.78, 5) is 12.0. The fourth-order valence-electron chi connectivity index (χ4n) is 2.32. The first-order valence-corrected chi connectivity index (χ1v) is 8.38. The standard InChI is InChI=1S/C19H22ClN3O3/c1-12-16(20)6-5-7-17(12)21-11-19(24)23-22-13(2)15-9-8-14(25-3)10-18(15)26-4/h5-10,21H,11H2,1-4H3,(H,23,24)/b22-13-. The third kappa shape index (κ3) is 4.89. The summed E-state index contributed by atoms with van der Waals surface area (Å²) in [5, 5.41) is 7.84. The Morgan fingerprint density at radius 2 is 1.96 bits per heavy atom. The lowest BCUT2D eigenvalue weighted by Gasteiger charge is -2.11. The van der Waals surface area contributed by atoms with Crippen molar-refractivity contribution in [2.24, 2.45) is 5.10 Å². The van der Waals surface area contributed by atoms with Gasteiger partial charge in [-0.1, -0.05) is 17.7 Å². The van der Waals surface area contributed by atoms with Crippen LogP contribution < -0.4 is 20.2 Å². The Morgan fingerprint density at radius 1 is 1.19 bits per heavy atom. The number of hydrogen-bond acceptors (Lipinski definition) is 5. The van der Waals surface area contributed by atoms with Crippen molar-refractivity contribution in [1.82, 2.24) is 5.43 Å². The smallest absolute Gasteiger partial charge is 0.259 e. The molecule has 0 atom stereocenters. The van der Waals surface area contributed by atoms with Gasteiger partial charge < -0.3 is 14.8 Å². The third-order valence-electron chi connectivity index (χ3n) is 3.85. The highest BCUT2D eigenvalue weighted by atomic mass is 35.5. The number of halogens is 1. The first-order valence-electron chi connectivity index (χ1n) is 8.00. The molecule has 0 heterocycles. The van der Waals surface area contributed by atoms with Gasteiger partial charge in [-0.2, -0.15) is 5.10 Å². The van der Waals surface area contributed by atoms with Crippen molar-refractivity contribution in [3.05, 3.63) is 52.5 Å². The van der Waals surface area contributed by atoms with Gasteiger partial charge in [0.2, 0.25) is 0 Å². The monoisotopic (exact) mass is 375 g/mol. The summed E-state index contributed by atoms with van der Waals surface area (Å²) >= 11 is 6.07. The molecule has 7 heteroatoms. The van der Waals surface area contributed by atoms with Gasteiger partial charge in [0.25, 0.3) is 5.91 Å². The molecule has 0 aliphatic heterocycles. The second kappa shape index (κ2) is 9.10. The van der Waals surface area contributed by atoms with E-state index in [1.54, 1.807) is 33.3 Å². The number of nitrogens with one attached hydrogen (secondary N) is 2. The average Bonchev–Trinajstić information content (AvgIpc) is 2.66. The molecule has 0 radical (unpaired) electrons. The van der Waals surface area contributed by atoms with Gasteiger partial charge in [0, 0.05) is 22.3 Å². The van der Waals surface area contributed by atoms with E-state index in [-0.39, 0.29) is 12.5 Å². The van der Waals surface area contributed by atoms with E-state index in [2.05, 4.69) is 15.8 Å². The number of amides is 1. The van der Waals surface area contributed by atoms with Crippen LogP contribution in [0.4, 0.5) is 5.69 Å². The molecular formula is C19H22ClN3O3. The van der Waals surface area contributed by atoms with Crippen molar-refractivity contribution in [3.8, 4) is 11.5 Å². The molecule has 0 aliphatic carbocycles. The summed E-state index contributed by atoms with van der Waals surface area (Å²) in [6, 6.07) is 10.9. The molecule has 0 bridgehead atoms. The van der Waals surface area contributed by atoms with Crippen LogP contribution in [0.2, 0.25) is 5.02 Å². The summed E-state index contributed by atoms with van der Waals surface area (Å²) in [5.41, 5.74) is 5.63. The highest BCUT2D eigenvalue weighted by Gasteiger charge is 2.09. The molecule has 2 aromatic rings. The Bertz CT molecular complexity index is 822. The van der Waals surface area contributed by atoms with E-state index in [9.17, 15) is 4.79 Å². The van der Waals surface area contributed by atoms with Gasteiger partial charge in [0.1, 0.15) is 11.5 Å². The van der Waals surface area contributed by atoms with Crippen molar-refractivity contribution >= 4 is 28.9 Å². The van der Waals surface area contributed by atoms with Crippen LogP contribution in [0, 0.1) is 6.92 Å². The molecule has 6 nitrogen and oxygen atoms in total. The SMILES string of the molecule is COc1ccc(/C(C)=N\NC(=O)CNc2cccc(Cl)c2C)c(OC)c1. The van der Waals surface area contributed by atoms with Crippen molar-refractivity contribution < 1.29 is 14.3 Å². The fraction of sp³-hybridized carbons (Fsp3) is 0.263. The van der Waals surface area contributed by atoms with Gasteiger partial charge in [-0.15, -0.1) is 0 Å². The number of ether oxygens (including phenoxy) is 2.